The summed E-state index contributed by atoms with van der Waals surface area (Å²) in [6.07, 6.45) is 0. The van der Waals surface area contributed by atoms with Crippen molar-refractivity contribution < 1.29 is 0 Å². The van der Waals surface area contributed by atoms with Crippen LogP contribution in [0.15, 0.2) is 48.5 Å². The molecule has 2 aromatic rings. The molecule has 0 radical (unpaired) electrons. The Hall–Kier alpha value is -0.840. The van der Waals surface area contributed by atoms with Crippen LogP contribution in [-0.2, 0) is 0 Å². The van der Waals surface area contributed by atoms with E-state index >= 15 is 0 Å². The number of halogens is 1. The molecule has 0 heterocycles. The van der Waals surface area contributed by atoms with Gasteiger partial charge in [-0.2, -0.15) is 0 Å². The summed E-state index contributed by atoms with van der Waals surface area (Å²) in [5, 5.41) is 2.84. The van der Waals surface area contributed by atoms with Crippen LogP contribution in [-0.4, -0.2) is 0 Å². The van der Waals surface area contributed by atoms with Crippen molar-refractivity contribution in [3.63, 3.8) is 0 Å². The zero-order chi connectivity index (χ0) is 13.8. The van der Waals surface area contributed by atoms with Gasteiger partial charge in [0.25, 0.3) is 0 Å². The first kappa shape index (κ1) is 17.2. The van der Waals surface area contributed by atoms with E-state index < -0.39 is 0 Å². The third kappa shape index (κ3) is 4.62. The molecule has 0 amide bonds. The minimum Gasteiger partial charge on any atom is -0.147 e. The van der Waals surface area contributed by atoms with Gasteiger partial charge in [-0.05, 0) is 33.6 Å². The third-order valence-electron chi connectivity index (χ3n) is 3.44. The van der Waals surface area contributed by atoms with Crippen LogP contribution in [0.5, 0.6) is 0 Å². The molecule has 0 fully saturated rings. The molecule has 2 aromatic carbocycles. The van der Waals surface area contributed by atoms with Gasteiger partial charge in [0.05, 0.1) is 0 Å². The Morgan fingerprint density at radius 2 is 0.900 bits per heavy atom. The Balaban J connectivity index is 0.00000200. The fourth-order valence-corrected chi connectivity index (χ4v) is 3.07. The van der Waals surface area contributed by atoms with Crippen LogP contribution in [0.4, 0.5) is 0 Å². The van der Waals surface area contributed by atoms with E-state index in [-0.39, 0.29) is 12.4 Å². The van der Waals surface area contributed by atoms with Gasteiger partial charge in [-0.3, -0.25) is 0 Å². The summed E-state index contributed by atoms with van der Waals surface area (Å²) < 4.78 is 0. The van der Waals surface area contributed by atoms with Crippen LogP contribution in [0.3, 0.4) is 0 Å². The molecule has 0 aliphatic rings. The van der Waals surface area contributed by atoms with Crippen molar-refractivity contribution in [1.82, 2.24) is 0 Å². The van der Waals surface area contributed by atoms with E-state index in [0.29, 0.717) is 11.8 Å². The van der Waals surface area contributed by atoms with E-state index in [1.54, 1.807) is 0 Å². The average molecular weight is 307 g/mol. The first-order valence-corrected chi connectivity index (χ1v) is 8.03. The maximum Gasteiger partial charge on any atom is -0.0219 e. The van der Waals surface area contributed by atoms with E-state index in [1.807, 2.05) is 0 Å². The molecule has 0 saturated carbocycles. The van der Waals surface area contributed by atoms with Crippen LogP contribution in [0, 0.1) is 0 Å². The van der Waals surface area contributed by atoms with Crippen LogP contribution < -0.4 is 10.6 Å². The molecule has 0 aromatic heterocycles. The lowest BCUT2D eigenvalue weighted by Crippen LogP contribution is -2.04. The molecule has 0 nitrogen and oxygen atoms in total. The van der Waals surface area contributed by atoms with Gasteiger partial charge in [-0.25, -0.2) is 0 Å². The second-order valence-corrected chi connectivity index (χ2v) is 7.08. The Morgan fingerprint density at radius 3 is 1.15 bits per heavy atom. The Labute approximate surface area is 131 Å². The Morgan fingerprint density at radius 1 is 0.600 bits per heavy atom. The molecule has 2 heteroatoms. The van der Waals surface area contributed by atoms with E-state index in [4.69, 9.17) is 0 Å². The summed E-state index contributed by atoms with van der Waals surface area (Å²) in [6, 6.07) is 18.1. The molecule has 0 unspecified atom stereocenters. The molecule has 0 saturated heterocycles. The van der Waals surface area contributed by atoms with Gasteiger partial charge in [-0.15, -0.1) is 12.4 Å². The predicted molar refractivity (Wildman–Crippen MR) is 95.9 cm³/mol. The smallest absolute Gasteiger partial charge is 0.0219 e. The molecule has 0 bridgehead atoms. The van der Waals surface area contributed by atoms with Crippen LogP contribution in [0.2, 0.25) is 0 Å². The van der Waals surface area contributed by atoms with Gasteiger partial charge in [-0.1, -0.05) is 84.8 Å². The van der Waals surface area contributed by atoms with Gasteiger partial charge >= 0.3 is 0 Å². The molecule has 0 aliphatic heterocycles. The summed E-state index contributed by atoms with van der Waals surface area (Å²) in [5.74, 6) is 1.23. The maximum atomic E-state index is 2.27. The summed E-state index contributed by atoms with van der Waals surface area (Å²) in [7, 11) is 0.757. The SMILES string of the molecule is CC(C)c1ccc(Pc2ccc(C(C)C)cc2)cc1.Cl. The van der Waals surface area contributed by atoms with Crippen LogP contribution in [0.1, 0.15) is 50.7 Å². The second kappa shape index (κ2) is 7.81. The summed E-state index contributed by atoms with van der Waals surface area (Å²) in [4.78, 5) is 0. The van der Waals surface area contributed by atoms with Gasteiger partial charge in [0.15, 0.2) is 0 Å². The summed E-state index contributed by atoms with van der Waals surface area (Å²) in [5.41, 5.74) is 2.84. The quantitative estimate of drug-likeness (QED) is 0.699. The van der Waals surface area contributed by atoms with Gasteiger partial charge in [0.2, 0.25) is 0 Å². The largest absolute Gasteiger partial charge is 0.147 e. The van der Waals surface area contributed by atoms with Crippen molar-refractivity contribution in [3.8, 4) is 0 Å². The molecule has 0 aliphatic carbocycles. The lowest BCUT2D eigenvalue weighted by atomic mass is 10.0. The first-order valence-electron chi connectivity index (χ1n) is 7.03. The van der Waals surface area contributed by atoms with Crippen LogP contribution in [0.25, 0.3) is 0 Å². The average Bonchev–Trinajstić information content (AvgIpc) is 2.40. The highest BCUT2D eigenvalue weighted by atomic mass is 35.5. The zero-order valence-electron chi connectivity index (χ0n) is 12.7. The fraction of sp³-hybridized carbons (Fsp3) is 0.333. The zero-order valence-corrected chi connectivity index (χ0v) is 14.5. The number of hydrogen-bond donors (Lipinski definition) is 0. The van der Waals surface area contributed by atoms with Crippen molar-refractivity contribution >= 4 is 31.6 Å². The molecule has 2 rings (SSSR count). The van der Waals surface area contributed by atoms with Crippen molar-refractivity contribution in [2.24, 2.45) is 0 Å². The molecule has 0 spiro atoms. The van der Waals surface area contributed by atoms with E-state index in [0.717, 1.165) is 8.58 Å². The summed E-state index contributed by atoms with van der Waals surface area (Å²) in [6.45, 7) is 8.95. The highest BCUT2D eigenvalue weighted by molar-refractivity contribution is 7.55. The van der Waals surface area contributed by atoms with Crippen molar-refractivity contribution in [2.45, 2.75) is 39.5 Å². The fourth-order valence-electron chi connectivity index (χ4n) is 2.07. The minimum atomic E-state index is 0. The Kier molecular flexibility index (Phi) is 6.72. The van der Waals surface area contributed by atoms with Crippen molar-refractivity contribution in [3.05, 3.63) is 59.7 Å². The molecular weight excluding hydrogens is 283 g/mol. The standard InChI is InChI=1S/C18H23P.ClH/c1-13(2)15-5-9-17(10-6-15)19-18-11-7-16(8-12-18)14(3)4;/h5-14,19H,1-4H3;1H. The van der Waals surface area contributed by atoms with E-state index in [1.165, 1.54) is 21.7 Å². The monoisotopic (exact) mass is 306 g/mol. The molecule has 0 atom stereocenters. The summed E-state index contributed by atoms with van der Waals surface area (Å²) >= 11 is 0. The van der Waals surface area contributed by atoms with Crippen LogP contribution >= 0.6 is 21.0 Å². The molecular formula is C18H24ClP. The van der Waals surface area contributed by atoms with Gasteiger partial charge in [0.1, 0.15) is 0 Å². The highest BCUT2D eigenvalue weighted by Gasteiger charge is 2.02. The third-order valence-corrected chi connectivity index (χ3v) is 4.69. The van der Waals surface area contributed by atoms with Crippen molar-refractivity contribution in [2.75, 3.05) is 0 Å². The van der Waals surface area contributed by atoms with E-state index in [2.05, 4.69) is 76.2 Å². The molecule has 20 heavy (non-hydrogen) atoms. The normalized spacial score (nSPS) is 10.7. The van der Waals surface area contributed by atoms with Crippen molar-refractivity contribution in [1.29, 1.82) is 0 Å². The number of rotatable bonds is 4. The van der Waals surface area contributed by atoms with Gasteiger partial charge < -0.3 is 0 Å². The lowest BCUT2D eigenvalue weighted by Gasteiger charge is -2.09. The number of benzene rings is 2. The predicted octanol–water partition coefficient (Wildman–Crippen LogP) is 4.98. The lowest BCUT2D eigenvalue weighted by molar-refractivity contribution is 0.867. The van der Waals surface area contributed by atoms with Gasteiger partial charge in [0, 0.05) is 0 Å². The Bertz CT molecular complexity index is 463. The maximum absolute atomic E-state index is 2.27. The first-order chi connectivity index (χ1) is 9.06. The topological polar surface area (TPSA) is 0 Å². The number of hydrogen-bond acceptors (Lipinski definition) is 0. The molecule has 0 N–H and O–H groups in total. The highest BCUT2D eigenvalue weighted by Crippen LogP contribution is 2.18. The van der Waals surface area contributed by atoms with E-state index in [9.17, 15) is 0 Å². The minimum absolute atomic E-state index is 0. The molecule has 108 valence electrons. The second-order valence-electron chi connectivity index (χ2n) is 5.68.